The number of benzene rings is 1. The highest BCUT2D eigenvalue weighted by molar-refractivity contribution is 6.46. The standard InChI is InChI=1S/C22H18ClNO7/c1-28-16-10-14(23)17(29-2)9-13(16)20(25)18-19(15-6-4-8-31-15)24(22(27)21(18)26)11-12-5-3-7-30-12/h3-10,19,25H,11H2,1-2H3/b20-18+. The van der Waals surface area contributed by atoms with E-state index in [2.05, 4.69) is 0 Å². The Hall–Kier alpha value is -3.65. The van der Waals surface area contributed by atoms with Crippen molar-refractivity contribution in [2.24, 2.45) is 0 Å². The summed E-state index contributed by atoms with van der Waals surface area (Å²) in [5.74, 6) is -0.826. The molecular weight excluding hydrogens is 426 g/mol. The Morgan fingerprint density at radius 3 is 2.42 bits per heavy atom. The van der Waals surface area contributed by atoms with Crippen molar-refractivity contribution in [1.29, 1.82) is 0 Å². The molecule has 0 spiro atoms. The van der Waals surface area contributed by atoms with E-state index < -0.39 is 23.5 Å². The minimum absolute atomic E-state index is 0.0147. The zero-order valence-electron chi connectivity index (χ0n) is 16.6. The van der Waals surface area contributed by atoms with Crippen LogP contribution in [0.5, 0.6) is 11.5 Å². The number of likely N-dealkylation sites (tertiary alicyclic amines) is 1. The van der Waals surface area contributed by atoms with E-state index >= 15 is 0 Å². The third-order valence-electron chi connectivity index (χ3n) is 4.99. The van der Waals surface area contributed by atoms with Gasteiger partial charge in [0, 0.05) is 6.07 Å². The molecule has 1 aliphatic rings. The van der Waals surface area contributed by atoms with Gasteiger partial charge in [-0.05, 0) is 30.3 Å². The van der Waals surface area contributed by atoms with Gasteiger partial charge < -0.3 is 28.3 Å². The Balaban J connectivity index is 1.90. The van der Waals surface area contributed by atoms with Gasteiger partial charge in [-0.3, -0.25) is 9.59 Å². The van der Waals surface area contributed by atoms with Crippen LogP contribution < -0.4 is 9.47 Å². The number of amides is 1. The van der Waals surface area contributed by atoms with E-state index in [1.54, 1.807) is 24.3 Å². The Labute approximate surface area is 182 Å². The lowest BCUT2D eigenvalue weighted by atomic mass is 9.98. The van der Waals surface area contributed by atoms with Crippen LogP contribution in [-0.4, -0.2) is 35.9 Å². The number of methoxy groups -OCH3 is 2. The van der Waals surface area contributed by atoms with E-state index in [9.17, 15) is 14.7 Å². The van der Waals surface area contributed by atoms with E-state index in [0.29, 0.717) is 11.5 Å². The molecule has 3 aromatic rings. The maximum absolute atomic E-state index is 13.0. The smallest absolute Gasteiger partial charge is 0.296 e. The molecule has 3 heterocycles. The predicted octanol–water partition coefficient (Wildman–Crippen LogP) is 4.17. The summed E-state index contributed by atoms with van der Waals surface area (Å²) in [5, 5.41) is 11.4. The minimum atomic E-state index is -0.966. The van der Waals surface area contributed by atoms with Crippen molar-refractivity contribution >= 4 is 29.1 Å². The number of hydrogen-bond donors (Lipinski definition) is 1. The van der Waals surface area contributed by atoms with E-state index in [1.807, 2.05) is 0 Å². The molecule has 0 saturated carbocycles. The van der Waals surface area contributed by atoms with Gasteiger partial charge in [0.1, 0.15) is 34.8 Å². The highest BCUT2D eigenvalue weighted by Gasteiger charge is 2.48. The van der Waals surface area contributed by atoms with Crippen LogP contribution in [0.2, 0.25) is 5.02 Å². The van der Waals surface area contributed by atoms with Gasteiger partial charge in [-0.15, -0.1) is 0 Å². The molecule has 1 saturated heterocycles. The topological polar surface area (TPSA) is 102 Å². The summed E-state index contributed by atoms with van der Waals surface area (Å²) in [7, 11) is 2.82. The number of furan rings is 2. The molecular formula is C22H18ClNO7. The fraction of sp³-hybridized carbons (Fsp3) is 0.182. The average molecular weight is 444 g/mol. The second kappa shape index (κ2) is 8.23. The van der Waals surface area contributed by atoms with Crippen molar-refractivity contribution in [1.82, 2.24) is 4.90 Å². The number of ether oxygens (including phenoxy) is 2. The number of carbonyl (C=O) groups is 2. The Kier molecular flexibility index (Phi) is 5.48. The summed E-state index contributed by atoms with van der Waals surface area (Å²) in [6.07, 6.45) is 2.90. The van der Waals surface area contributed by atoms with E-state index in [4.69, 9.17) is 29.9 Å². The number of ketones is 1. The number of carbonyl (C=O) groups excluding carboxylic acids is 2. The van der Waals surface area contributed by atoms with Gasteiger partial charge in [-0.1, -0.05) is 11.6 Å². The number of hydrogen-bond acceptors (Lipinski definition) is 7. The average Bonchev–Trinajstić information content (AvgIpc) is 3.52. The zero-order chi connectivity index (χ0) is 22.1. The Morgan fingerprint density at radius 2 is 1.81 bits per heavy atom. The molecule has 0 radical (unpaired) electrons. The molecule has 4 rings (SSSR count). The van der Waals surface area contributed by atoms with Crippen molar-refractivity contribution in [2.75, 3.05) is 14.2 Å². The van der Waals surface area contributed by atoms with Crippen molar-refractivity contribution in [3.63, 3.8) is 0 Å². The first-order valence-electron chi connectivity index (χ1n) is 9.22. The quantitative estimate of drug-likeness (QED) is 0.346. The van der Waals surface area contributed by atoms with Crippen molar-refractivity contribution in [3.8, 4) is 11.5 Å². The lowest BCUT2D eigenvalue weighted by molar-refractivity contribution is -0.140. The molecule has 1 unspecified atom stereocenters. The zero-order valence-corrected chi connectivity index (χ0v) is 17.4. The fourth-order valence-corrected chi connectivity index (χ4v) is 3.78. The third-order valence-corrected chi connectivity index (χ3v) is 5.28. The van der Waals surface area contributed by atoms with Crippen LogP contribution in [0, 0.1) is 0 Å². The summed E-state index contributed by atoms with van der Waals surface area (Å²) < 4.78 is 21.4. The molecule has 1 atom stereocenters. The lowest BCUT2D eigenvalue weighted by Gasteiger charge is -2.22. The Bertz CT molecular complexity index is 1150. The van der Waals surface area contributed by atoms with Gasteiger partial charge in [0.25, 0.3) is 11.7 Å². The van der Waals surface area contributed by atoms with E-state index in [-0.39, 0.29) is 34.2 Å². The minimum Gasteiger partial charge on any atom is -0.507 e. The second-order valence-corrected chi connectivity index (χ2v) is 7.12. The molecule has 1 amide bonds. The fourth-order valence-electron chi connectivity index (χ4n) is 3.55. The summed E-state index contributed by atoms with van der Waals surface area (Å²) in [5.41, 5.74) is 0.00508. The van der Waals surface area contributed by atoms with Crippen LogP contribution in [0.3, 0.4) is 0 Å². The molecule has 31 heavy (non-hydrogen) atoms. The number of rotatable bonds is 6. The molecule has 0 aliphatic carbocycles. The highest BCUT2D eigenvalue weighted by Crippen LogP contribution is 2.43. The molecule has 1 aromatic carbocycles. The lowest BCUT2D eigenvalue weighted by Crippen LogP contribution is -2.28. The summed E-state index contributed by atoms with van der Waals surface area (Å²) in [4.78, 5) is 27.2. The molecule has 2 aromatic heterocycles. The molecule has 160 valence electrons. The van der Waals surface area contributed by atoms with Crippen LogP contribution in [0.25, 0.3) is 5.76 Å². The Morgan fingerprint density at radius 1 is 1.10 bits per heavy atom. The van der Waals surface area contributed by atoms with Gasteiger partial charge in [0.2, 0.25) is 0 Å². The molecule has 1 N–H and O–H groups in total. The van der Waals surface area contributed by atoms with E-state index in [0.717, 1.165) is 0 Å². The number of aliphatic hydroxyl groups is 1. The molecule has 1 aliphatic heterocycles. The highest BCUT2D eigenvalue weighted by atomic mass is 35.5. The molecule has 1 fully saturated rings. The second-order valence-electron chi connectivity index (χ2n) is 6.71. The maximum Gasteiger partial charge on any atom is 0.296 e. The largest absolute Gasteiger partial charge is 0.507 e. The van der Waals surface area contributed by atoms with E-state index in [1.165, 1.54) is 43.8 Å². The van der Waals surface area contributed by atoms with Crippen LogP contribution >= 0.6 is 11.6 Å². The van der Waals surface area contributed by atoms with Crippen LogP contribution in [0.4, 0.5) is 0 Å². The maximum atomic E-state index is 13.0. The van der Waals surface area contributed by atoms with Gasteiger partial charge in [0.15, 0.2) is 0 Å². The van der Waals surface area contributed by atoms with Crippen molar-refractivity contribution < 1.29 is 33.0 Å². The first kappa shape index (κ1) is 20.6. The van der Waals surface area contributed by atoms with Crippen molar-refractivity contribution in [2.45, 2.75) is 12.6 Å². The summed E-state index contributed by atoms with van der Waals surface area (Å²) >= 11 is 6.15. The van der Waals surface area contributed by atoms with Gasteiger partial charge in [0.05, 0.1) is 49.4 Å². The van der Waals surface area contributed by atoms with Crippen LogP contribution in [-0.2, 0) is 16.1 Å². The van der Waals surface area contributed by atoms with Crippen molar-refractivity contribution in [3.05, 3.63) is 76.6 Å². The first-order chi connectivity index (χ1) is 15.0. The van der Waals surface area contributed by atoms with Crippen LogP contribution in [0.1, 0.15) is 23.1 Å². The summed E-state index contributed by atoms with van der Waals surface area (Å²) in [6, 6.07) is 8.55. The molecule has 0 bridgehead atoms. The number of nitrogens with zero attached hydrogens (tertiary/aromatic N) is 1. The molecule has 9 heteroatoms. The number of Topliss-reactive ketones (excluding diaryl/α,β-unsaturated/α-hetero) is 1. The van der Waals surface area contributed by atoms with Gasteiger partial charge in [-0.25, -0.2) is 0 Å². The van der Waals surface area contributed by atoms with Gasteiger partial charge in [-0.2, -0.15) is 0 Å². The monoisotopic (exact) mass is 443 g/mol. The number of halogens is 1. The third kappa shape index (κ3) is 3.55. The van der Waals surface area contributed by atoms with Crippen LogP contribution in [0.15, 0.2) is 63.3 Å². The SMILES string of the molecule is COc1cc(/C(O)=C2\C(=O)C(=O)N(Cc3ccco3)C2c2ccco2)c(OC)cc1Cl. The van der Waals surface area contributed by atoms with Gasteiger partial charge >= 0.3 is 0 Å². The number of aliphatic hydroxyl groups excluding tert-OH is 1. The first-order valence-corrected chi connectivity index (χ1v) is 9.60. The predicted molar refractivity (Wildman–Crippen MR) is 110 cm³/mol. The normalized spacial score (nSPS) is 17.9. The molecule has 8 nitrogen and oxygen atoms in total. The summed E-state index contributed by atoms with van der Waals surface area (Å²) in [6.45, 7) is 0.0147.